The maximum absolute atomic E-state index is 12.4. The minimum Gasteiger partial charge on any atom is -0.375 e. The van der Waals surface area contributed by atoms with Gasteiger partial charge in [-0.15, -0.1) is 0 Å². The SMILES string of the molecule is CC1OC(C)C(C(=O)Cc2ccc(Cl)cc2)C1C. The van der Waals surface area contributed by atoms with Crippen LogP contribution < -0.4 is 0 Å². The van der Waals surface area contributed by atoms with Gasteiger partial charge >= 0.3 is 0 Å². The van der Waals surface area contributed by atoms with E-state index in [1.54, 1.807) is 0 Å². The second kappa shape index (κ2) is 5.41. The van der Waals surface area contributed by atoms with Crippen molar-refractivity contribution < 1.29 is 9.53 Å². The second-order valence-corrected chi connectivity index (χ2v) is 5.64. The van der Waals surface area contributed by atoms with Gasteiger partial charge in [0, 0.05) is 17.4 Å². The Bertz CT molecular complexity index is 427. The van der Waals surface area contributed by atoms with E-state index in [4.69, 9.17) is 16.3 Å². The van der Waals surface area contributed by atoms with Crippen molar-refractivity contribution >= 4 is 17.4 Å². The average Bonchev–Trinajstić information content (AvgIpc) is 2.56. The zero-order valence-corrected chi connectivity index (χ0v) is 11.8. The Morgan fingerprint density at radius 2 is 1.78 bits per heavy atom. The van der Waals surface area contributed by atoms with Gasteiger partial charge < -0.3 is 4.74 Å². The van der Waals surface area contributed by atoms with Crippen LogP contribution in [0.5, 0.6) is 0 Å². The molecule has 3 heteroatoms. The van der Waals surface area contributed by atoms with Gasteiger partial charge in [-0.25, -0.2) is 0 Å². The van der Waals surface area contributed by atoms with Crippen LogP contribution in [0.15, 0.2) is 24.3 Å². The van der Waals surface area contributed by atoms with Crippen LogP contribution in [0.2, 0.25) is 5.02 Å². The van der Waals surface area contributed by atoms with Gasteiger partial charge in [-0.1, -0.05) is 30.7 Å². The Balaban J connectivity index is 2.06. The van der Waals surface area contributed by atoms with E-state index in [2.05, 4.69) is 6.92 Å². The van der Waals surface area contributed by atoms with E-state index in [1.165, 1.54) is 0 Å². The summed E-state index contributed by atoms with van der Waals surface area (Å²) in [6.45, 7) is 6.12. The quantitative estimate of drug-likeness (QED) is 0.837. The number of hydrogen-bond acceptors (Lipinski definition) is 2. The molecule has 1 aromatic carbocycles. The van der Waals surface area contributed by atoms with Gasteiger partial charge in [-0.05, 0) is 37.5 Å². The largest absolute Gasteiger partial charge is 0.375 e. The summed E-state index contributed by atoms with van der Waals surface area (Å²) in [6.07, 6.45) is 0.654. The number of halogens is 1. The Morgan fingerprint density at radius 1 is 1.17 bits per heavy atom. The van der Waals surface area contributed by atoms with Crippen molar-refractivity contribution in [2.24, 2.45) is 11.8 Å². The summed E-state index contributed by atoms with van der Waals surface area (Å²) in [5.74, 6) is 0.567. The Morgan fingerprint density at radius 3 is 2.28 bits per heavy atom. The number of ketones is 1. The van der Waals surface area contributed by atoms with Crippen molar-refractivity contribution in [3.05, 3.63) is 34.9 Å². The summed E-state index contributed by atoms with van der Waals surface area (Å²) in [6, 6.07) is 7.47. The number of ether oxygens (including phenoxy) is 1. The number of hydrogen-bond donors (Lipinski definition) is 0. The van der Waals surface area contributed by atoms with Crippen LogP contribution in [0, 0.1) is 11.8 Å². The van der Waals surface area contributed by atoms with Crippen LogP contribution in [-0.4, -0.2) is 18.0 Å². The molecule has 1 aromatic rings. The smallest absolute Gasteiger partial charge is 0.143 e. The molecule has 0 aromatic heterocycles. The molecule has 1 aliphatic heterocycles. The molecule has 1 fully saturated rings. The first kappa shape index (κ1) is 13.6. The van der Waals surface area contributed by atoms with Gasteiger partial charge in [0.05, 0.1) is 12.2 Å². The van der Waals surface area contributed by atoms with Gasteiger partial charge in [-0.3, -0.25) is 4.79 Å². The molecule has 2 nitrogen and oxygen atoms in total. The number of rotatable bonds is 3. The highest BCUT2D eigenvalue weighted by Crippen LogP contribution is 2.33. The summed E-state index contributed by atoms with van der Waals surface area (Å²) < 4.78 is 5.72. The van der Waals surface area contributed by atoms with Crippen LogP contribution in [0.4, 0.5) is 0 Å². The maximum atomic E-state index is 12.4. The summed E-state index contributed by atoms with van der Waals surface area (Å²) >= 11 is 5.84. The van der Waals surface area contributed by atoms with Crippen LogP contribution >= 0.6 is 11.6 Å². The molecular weight excluding hydrogens is 248 g/mol. The second-order valence-electron chi connectivity index (χ2n) is 5.20. The number of carbonyl (C=O) groups is 1. The van der Waals surface area contributed by atoms with E-state index in [1.807, 2.05) is 38.1 Å². The van der Waals surface area contributed by atoms with Gasteiger partial charge in [0.1, 0.15) is 5.78 Å². The lowest BCUT2D eigenvalue weighted by Crippen LogP contribution is -2.28. The van der Waals surface area contributed by atoms with E-state index in [-0.39, 0.29) is 23.9 Å². The van der Waals surface area contributed by atoms with E-state index in [0.29, 0.717) is 17.4 Å². The third-order valence-corrected chi connectivity index (χ3v) is 4.16. The summed E-state index contributed by atoms with van der Waals surface area (Å²) in [5.41, 5.74) is 1.02. The lowest BCUT2D eigenvalue weighted by Gasteiger charge is -2.17. The topological polar surface area (TPSA) is 26.3 Å². The highest BCUT2D eigenvalue weighted by molar-refractivity contribution is 6.30. The molecule has 1 aliphatic rings. The maximum Gasteiger partial charge on any atom is 0.143 e. The Hall–Kier alpha value is -0.860. The highest BCUT2D eigenvalue weighted by Gasteiger charge is 2.40. The van der Waals surface area contributed by atoms with E-state index in [9.17, 15) is 4.79 Å². The molecule has 0 aliphatic carbocycles. The lowest BCUT2D eigenvalue weighted by atomic mass is 9.84. The van der Waals surface area contributed by atoms with E-state index >= 15 is 0 Å². The van der Waals surface area contributed by atoms with E-state index < -0.39 is 0 Å². The summed E-state index contributed by atoms with van der Waals surface area (Å²) in [4.78, 5) is 12.4. The molecule has 4 atom stereocenters. The molecule has 0 amide bonds. The van der Waals surface area contributed by atoms with Crippen LogP contribution in [0.3, 0.4) is 0 Å². The zero-order valence-electron chi connectivity index (χ0n) is 11.0. The predicted molar refractivity (Wildman–Crippen MR) is 72.8 cm³/mol. The molecule has 1 saturated heterocycles. The fourth-order valence-corrected chi connectivity index (χ4v) is 2.87. The fourth-order valence-electron chi connectivity index (χ4n) is 2.74. The first-order valence-electron chi connectivity index (χ1n) is 6.41. The monoisotopic (exact) mass is 266 g/mol. The number of benzene rings is 1. The minimum atomic E-state index is 0.00989. The normalized spacial score (nSPS) is 31.6. The van der Waals surface area contributed by atoms with Gasteiger partial charge in [0.2, 0.25) is 0 Å². The molecule has 1 heterocycles. The molecule has 0 saturated carbocycles. The number of carbonyl (C=O) groups excluding carboxylic acids is 1. The van der Waals surface area contributed by atoms with Gasteiger partial charge in [0.15, 0.2) is 0 Å². The first-order valence-corrected chi connectivity index (χ1v) is 6.79. The van der Waals surface area contributed by atoms with Crippen molar-refractivity contribution in [3.63, 3.8) is 0 Å². The molecule has 4 unspecified atom stereocenters. The summed E-state index contributed by atoms with van der Waals surface area (Å²) in [7, 11) is 0. The average molecular weight is 267 g/mol. The molecule has 0 radical (unpaired) electrons. The standard InChI is InChI=1S/C15H19ClO2/c1-9-10(2)18-11(3)15(9)14(17)8-12-4-6-13(16)7-5-12/h4-7,9-11,15H,8H2,1-3H3. The molecule has 0 spiro atoms. The Kier molecular flexibility index (Phi) is 4.08. The van der Waals surface area contributed by atoms with Crippen molar-refractivity contribution in [2.45, 2.75) is 39.4 Å². The van der Waals surface area contributed by atoms with Crippen LogP contribution in [-0.2, 0) is 16.0 Å². The first-order chi connectivity index (χ1) is 8.49. The number of Topliss-reactive ketones (excluding diaryl/α,β-unsaturated/α-hetero) is 1. The molecule has 0 bridgehead atoms. The minimum absolute atomic E-state index is 0.00989. The van der Waals surface area contributed by atoms with Crippen molar-refractivity contribution in [1.29, 1.82) is 0 Å². The van der Waals surface area contributed by atoms with Crippen LogP contribution in [0.1, 0.15) is 26.3 Å². The molecule has 2 rings (SSSR count). The van der Waals surface area contributed by atoms with Crippen molar-refractivity contribution in [3.8, 4) is 0 Å². The fraction of sp³-hybridized carbons (Fsp3) is 0.533. The third-order valence-electron chi connectivity index (χ3n) is 3.91. The van der Waals surface area contributed by atoms with Gasteiger partial charge in [-0.2, -0.15) is 0 Å². The highest BCUT2D eigenvalue weighted by atomic mass is 35.5. The summed E-state index contributed by atoms with van der Waals surface area (Å²) in [5, 5.41) is 0.700. The predicted octanol–water partition coefficient (Wildman–Crippen LogP) is 3.51. The molecular formula is C15H19ClO2. The van der Waals surface area contributed by atoms with E-state index in [0.717, 1.165) is 5.56 Å². The molecule has 18 heavy (non-hydrogen) atoms. The van der Waals surface area contributed by atoms with Gasteiger partial charge in [0.25, 0.3) is 0 Å². The van der Waals surface area contributed by atoms with Crippen molar-refractivity contribution in [2.75, 3.05) is 0 Å². The van der Waals surface area contributed by atoms with Crippen molar-refractivity contribution in [1.82, 2.24) is 0 Å². The molecule has 0 N–H and O–H groups in total. The lowest BCUT2D eigenvalue weighted by molar-refractivity contribution is -0.124. The third kappa shape index (κ3) is 2.76. The molecule has 98 valence electrons. The Labute approximate surface area is 113 Å². The zero-order chi connectivity index (χ0) is 13.3. The van der Waals surface area contributed by atoms with Crippen LogP contribution in [0.25, 0.3) is 0 Å².